The van der Waals surface area contributed by atoms with Crippen LogP contribution in [0.1, 0.15) is 44.7 Å². The van der Waals surface area contributed by atoms with Crippen molar-refractivity contribution in [3.63, 3.8) is 0 Å². The van der Waals surface area contributed by atoms with Gasteiger partial charge < -0.3 is 10.6 Å². The summed E-state index contributed by atoms with van der Waals surface area (Å²) in [4.78, 5) is 4.99. The molecule has 0 aliphatic carbocycles. The molecule has 25 heavy (non-hydrogen) atoms. The average Bonchev–Trinajstić information content (AvgIpc) is 2.52. The molecule has 1 rings (SSSR count). The first-order valence-corrected chi connectivity index (χ1v) is 10.5. The van der Waals surface area contributed by atoms with Gasteiger partial charge in [0.2, 0.25) is 0 Å². The summed E-state index contributed by atoms with van der Waals surface area (Å²) in [6.45, 7) is 10.5. The van der Waals surface area contributed by atoms with Crippen molar-refractivity contribution in [3.8, 4) is 0 Å². The summed E-state index contributed by atoms with van der Waals surface area (Å²) in [5, 5.41) is 6.64. The number of guanidine groups is 1. The van der Waals surface area contributed by atoms with Crippen LogP contribution in [0.25, 0.3) is 0 Å². The second-order valence-electron chi connectivity index (χ2n) is 6.13. The topological polar surface area (TPSA) is 70.6 Å². The molecule has 0 aliphatic heterocycles. The average molecular weight is 481 g/mol. The lowest BCUT2D eigenvalue weighted by Crippen LogP contribution is -2.39. The maximum Gasteiger partial charge on any atom is 0.191 e. The highest BCUT2D eigenvalue weighted by atomic mass is 127. The Morgan fingerprint density at radius 3 is 2.28 bits per heavy atom. The van der Waals surface area contributed by atoms with Gasteiger partial charge in [0.1, 0.15) is 0 Å². The fraction of sp³-hybridized carbons (Fsp3) is 0.611. The number of hydrogen-bond acceptors (Lipinski definition) is 3. The minimum atomic E-state index is -3.17. The van der Waals surface area contributed by atoms with Crippen LogP contribution in [0.5, 0.6) is 0 Å². The van der Waals surface area contributed by atoms with E-state index in [4.69, 9.17) is 0 Å². The molecular formula is C18H32IN3O2S. The lowest BCUT2D eigenvalue weighted by atomic mass is 10.0. The highest BCUT2D eigenvalue weighted by molar-refractivity contribution is 14.0. The largest absolute Gasteiger partial charge is 0.357 e. The molecule has 5 nitrogen and oxygen atoms in total. The van der Waals surface area contributed by atoms with Gasteiger partial charge >= 0.3 is 0 Å². The summed E-state index contributed by atoms with van der Waals surface area (Å²) in [6, 6.07) is 5.39. The first kappa shape index (κ1) is 24.2. The van der Waals surface area contributed by atoms with E-state index in [2.05, 4.69) is 29.5 Å². The second kappa shape index (κ2) is 11.7. The smallest absolute Gasteiger partial charge is 0.191 e. The number of benzene rings is 1. The molecule has 0 atom stereocenters. The number of aryl methyl sites for hydroxylation is 1. The monoisotopic (exact) mass is 481 g/mol. The zero-order valence-electron chi connectivity index (χ0n) is 15.9. The van der Waals surface area contributed by atoms with Crippen molar-refractivity contribution in [2.24, 2.45) is 10.9 Å². The molecule has 2 N–H and O–H groups in total. The van der Waals surface area contributed by atoms with Gasteiger partial charge in [-0.05, 0) is 37.0 Å². The number of nitrogens with zero attached hydrogens (tertiary/aromatic N) is 1. The minimum Gasteiger partial charge on any atom is -0.357 e. The number of aliphatic imine (C=N–C) groups is 1. The van der Waals surface area contributed by atoms with Gasteiger partial charge in [-0.15, -0.1) is 24.0 Å². The molecule has 0 radical (unpaired) electrons. The van der Waals surface area contributed by atoms with Gasteiger partial charge in [0.15, 0.2) is 15.8 Å². The molecule has 1 aromatic rings. The van der Waals surface area contributed by atoms with Gasteiger partial charge in [-0.2, -0.15) is 0 Å². The molecule has 0 aliphatic rings. The van der Waals surface area contributed by atoms with Crippen molar-refractivity contribution in [2.75, 3.05) is 19.3 Å². The highest BCUT2D eigenvalue weighted by Crippen LogP contribution is 2.17. The summed E-state index contributed by atoms with van der Waals surface area (Å²) >= 11 is 0. The van der Waals surface area contributed by atoms with Crippen molar-refractivity contribution in [1.29, 1.82) is 0 Å². The van der Waals surface area contributed by atoms with E-state index in [1.54, 1.807) is 6.07 Å². The molecule has 0 saturated heterocycles. The maximum atomic E-state index is 11.7. The fourth-order valence-electron chi connectivity index (χ4n) is 2.56. The van der Waals surface area contributed by atoms with Gasteiger partial charge in [0.25, 0.3) is 0 Å². The first-order chi connectivity index (χ1) is 11.3. The number of halogens is 1. The van der Waals surface area contributed by atoms with E-state index in [1.165, 1.54) is 6.26 Å². The van der Waals surface area contributed by atoms with Crippen LogP contribution >= 0.6 is 24.0 Å². The number of hydrogen-bond donors (Lipinski definition) is 2. The lowest BCUT2D eigenvalue weighted by Gasteiger charge is -2.16. The standard InChI is InChI=1S/C18H31N3O2S.HI/c1-6-15(7-2)12-20-18(19-8-3)21-13-16-9-10-17(14(4)11-16)24(5,22)23;/h9-11,15H,6-8,12-13H2,1-5H3,(H2,19,20,21);1H. The summed E-state index contributed by atoms with van der Waals surface area (Å²) in [5.74, 6) is 1.44. The molecule has 144 valence electrons. The zero-order chi connectivity index (χ0) is 18.2. The van der Waals surface area contributed by atoms with E-state index in [-0.39, 0.29) is 24.0 Å². The Morgan fingerprint density at radius 2 is 1.80 bits per heavy atom. The third-order valence-electron chi connectivity index (χ3n) is 4.12. The number of nitrogens with one attached hydrogen (secondary N) is 2. The van der Waals surface area contributed by atoms with Crippen LogP contribution in [0.15, 0.2) is 28.1 Å². The number of rotatable bonds is 8. The van der Waals surface area contributed by atoms with Crippen LogP contribution in [0.3, 0.4) is 0 Å². The van der Waals surface area contributed by atoms with Gasteiger partial charge in [0, 0.05) is 19.3 Å². The van der Waals surface area contributed by atoms with Gasteiger partial charge in [-0.3, -0.25) is 0 Å². The molecule has 0 amide bonds. The van der Waals surface area contributed by atoms with E-state index in [9.17, 15) is 8.42 Å². The molecule has 0 bridgehead atoms. The maximum absolute atomic E-state index is 11.7. The fourth-order valence-corrected chi connectivity index (χ4v) is 3.52. The molecule has 0 spiro atoms. The first-order valence-electron chi connectivity index (χ1n) is 8.63. The van der Waals surface area contributed by atoms with Crippen molar-refractivity contribution in [3.05, 3.63) is 29.3 Å². The number of sulfone groups is 1. The van der Waals surface area contributed by atoms with Gasteiger partial charge in [-0.1, -0.05) is 38.8 Å². The van der Waals surface area contributed by atoms with Crippen LogP contribution in [0.2, 0.25) is 0 Å². The van der Waals surface area contributed by atoms with E-state index in [0.717, 1.165) is 43.0 Å². The Kier molecular flexibility index (Phi) is 11.3. The normalized spacial score (nSPS) is 12.0. The second-order valence-corrected chi connectivity index (χ2v) is 8.11. The molecule has 0 saturated carbocycles. The summed E-state index contributed by atoms with van der Waals surface area (Å²) in [5.41, 5.74) is 1.76. The Labute approximate surface area is 170 Å². The summed E-state index contributed by atoms with van der Waals surface area (Å²) < 4.78 is 23.3. The van der Waals surface area contributed by atoms with Gasteiger partial charge in [0.05, 0.1) is 11.4 Å². The van der Waals surface area contributed by atoms with Crippen molar-refractivity contribution in [1.82, 2.24) is 10.6 Å². The predicted molar refractivity (Wildman–Crippen MR) is 117 cm³/mol. The van der Waals surface area contributed by atoms with Crippen molar-refractivity contribution in [2.45, 2.75) is 52.0 Å². The Hall–Kier alpha value is -0.830. The van der Waals surface area contributed by atoms with Crippen LogP contribution in [-0.4, -0.2) is 33.7 Å². The summed E-state index contributed by atoms with van der Waals surface area (Å²) in [6.07, 6.45) is 3.53. The Balaban J connectivity index is 0.00000576. The van der Waals surface area contributed by atoms with Crippen LogP contribution < -0.4 is 10.6 Å². The van der Waals surface area contributed by atoms with Crippen LogP contribution in [-0.2, 0) is 16.4 Å². The van der Waals surface area contributed by atoms with E-state index in [0.29, 0.717) is 17.4 Å². The molecule has 0 heterocycles. The predicted octanol–water partition coefficient (Wildman–Crippen LogP) is 3.51. The van der Waals surface area contributed by atoms with E-state index < -0.39 is 9.84 Å². The van der Waals surface area contributed by atoms with Crippen LogP contribution in [0.4, 0.5) is 0 Å². The van der Waals surface area contributed by atoms with Crippen molar-refractivity contribution < 1.29 is 8.42 Å². The molecule has 0 unspecified atom stereocenters. The Bertz CT molecular complexity index is 656. The summed E-state index contributed by atoms with van der Waals surface area (Å²) in [7, 11) is -3.17. The molecule has 0 aromatic heterocycles. The zero-order valence-corrected chi connectivity index (χ0v) is 19.1. The SMILES string of the molecule is CCNC(=NCc1ccc(S(C)(=O)=O)c(C)c1)NCC(CC)CC.I. The third kappa shape index (κ3) is 8.40. The van der Waals surface area contributed by atoms with E-state index >= 15 is 0 Å². The Morgan fingerprint density at radius 1 is 1.16 bits per heavy atom. The minimum absolute atomic E-state index is 0. The van der Waals surface area contributed by atoms with E-state index in [1.807, 2.05) is 26.0 Å². The molecule has 0 fully saturated rings. The lowest BCUT2D eigenvalue weighted by molar-refractivity contribution is 0.481. The van der Waals surface area contributed by atoms with Gasteiger partial charge in [-0.25, -0.2) is 13.4 Å². The molecular weight excluding hydrogens is 449 g/mol. The third-order valence-corrected chi connectivity index (χ3v) is 5.37. The quantitative estimate of drug-likeness (QED) is 0.339. The molecule has 7 heteroatoms. The highest BCUT2D eigenvalue weighted by Gasteiger charge is 2.11. The molecule has 1 aromatic carbocycles. The van der Waals surface area contributed by atoms with Crippen LogP contribution in [0, 0.1) is 12.8 Å². The van der Waals surface area contributed by atoms with Crippen molar-refractivity contribution >= 4 is 39.8 Å².